The monoisotopic (exact) mass is 310 g/mol. The van der Waals surface area contributed by atoms with Crippen molar-refractivity contribution in [3.63, 3.8) is 0 Å². The summed E-state index contributed by atoms with van der Waals surface area (Å²) in [5, 5.41) is 17.4. The number of carbonyl (C=O) groups is 2. The smallest absolute Gasteiger partial charge is 0.371 e. The predicted octanol–water partition coefficient (Wildman–Crippen LogP) is 3.45. The second-order valence-electron chi connectivity index (χ2n) is 3.99. The maximum absolute atomic E-state index is 13.1. The number of allylic oxidation sites excluding steroid dienone is 1. The van der Waals surface area contributed by atoms with Crippen LogP contribution >= 0.6 is 11.6 Å². The Labute approximate surface area is 122 Å². The van der Waals surface area contributed by atoms with Crippen molar-refractivity contribution in [3.05, 3.63) is 58.8 Å². The first-order chi connectivity index (χ1) is 9.88. The molecule has 0 saturated carbocycles. The molecular formula is C14H8ClFO5. The van der Waals surface area contributed by atoms with Crippen molar-refractivity contribution in [1.82, 2.24) is 0 Å². The molecule has 2 aromatic rings. The summed E-state index contributed by atoms with van der Waals surface area (Å²) in [6, 6.07) is 6.65. The Kier molecular flexibility index (Phi) is 4.09. The Hall–Kier alpha value is -2.60. The minimum Gasteiger partial charge on any atom is -0.502 e. The molecule has 21 heavy (non-hydrogen) atoms. The number of halogens is 2. The number of carboxylic acids is 1. The molecule has 0 fully saturated rings. The maximum Gasteiger partial charge on any atom is 0.371 e. The average molecular weight is 311 g/mol. The molecular weight excluding hydrogens is 303 g/mol. The Morgan fingerprint density at radius 2 is 1.90 bits per heavy atom. The minimum absolute atomic E-state index is 0.0970. The maximum atomic E-state index is 13.1. The predicted molar refractivity (Wildman–Crippen MR) is 71.8 cm³/mol. The van der Waals surface area contributed by atoms with E-state index in [9.17, 15) is 14.0 Å². The van der Waals surface area contributed by atoms with Crippen LogP contribution in [0.1, 0.15) is 10.6 Å². The Morgan fingerprint density at radius 1 is 1.19 bits per heavy atom. The van der Waals surface area contributed by atoms with Crippen molar-refractivity contribution in [1.29, 1.82) is 0 Å². The summed E-state index contributed by atoms with van der Waals surface area (Å²) in [7, 11) is 0. The van der Waals surface area contributed by atoms with Crippen LogP contribution in [0.25, 0.3) is 11.3 Å². The van der Waals surface area contributed by atoms with Crippen molar-refractivity contribution in [2.75, 3.05) is 0 Å². The number of carboxylic acid groups (broad SMARTS) is 1. The van der Waals surface area contributed by atoms with Gasteiger partial charge in [-0.15, -0.1) is 0 Å². The van der Waals surface area contributed by atoms with Gasteiger partial charge < -0.3 is 14.6 Å². The Morgan fingerprint density at radius 3 is 2.52 bits per heavy atom. The molecule has 1 heterocycles. The van der Waals surface area contributed by atoms with E-state index in [0.29, 0.717) is 11.6 Å². The SMILES string of the molecule is O=C(O)/C(O)=C/C(=O)c1ccc(-c2ccc(F)c(Cl)c2)o1. The van der Waals surface area contributed by atoms with Crippen LogP contribution in [0, 0.1) is 5.82 Å². The van der Waals surface area contributed by atoms with Gasteiger partial charge in [0.25, 0.3) is 0 Å². The van der Waals surface area contributed by atoms with E-state index in [-0.39, 0.29) is 16.5 Å². The first-order valence-electron chi connectivity index (χ1n) is 5.62. The molecule has 1 aromatic heterocycles. The third kappa shape index (κ3) is 3.29. The highest BCUT2D eigenvalue weighted by molar-refractivity contribution is 6.31. The van der Waals surface area contributed by atoms with E-state index in [4.69, 9.17) is 26.2 Å². The first kappa shape index (κ1) is 14.8. The lowest BCUT2D eigenvalue weighted by atomic mass is 10.2. The number of furan rings is 1. The van der Waals surface area contributed by atoms with Crippen LogP contribution in [-0.2, 0) is 4.79 Å². The Bertz CT molecular complexity index is 748. The molecule has 0 spiro atoms. The number of hydrogen-bond donors (Lipinski definition) is 2. The zero-order valence-electron chi connectivity index (χ0n) is 10.3. The molecule has 2 N–H and O–H groups in total. The van der Waals surface area contributed by atoms with E-state index in [1.54, 1.807) is 0 Å². The van der Waals surface area contributed by atoms with E-state index in [1.165, 1.54) is 24.3 Å². The van der Waals surface area contributed by atoms with Crippen LogP contribution in [0.3, 0.4) is 0 Å². The van der Waals surface area contributed by atoms with Crippen molar-refractivity contribution in [3.8, 4) is 11.3 Å². The van der Waals surface area contributed by atoms with Gasteiger partial charge in [0, 0.05) is 11.6 Å². The van der Waals surface area contributed by atoms with Crippen LogP contribution in [0.4, 0.5) is 4.39 Å². The summed E-state index contributed by atoms with van der Waals surface area (Å²) in [6.45, 7) is 0. The van der Waals surface area contributed by atoms with E-state index in [2.05, 4.69) is 0 Å². The highest BCUT2D eigenvalue weighted by Gasteiger charge is 2.14. The number of ketones is 1. The van der Waals surface area contributed by atoms with Crippen molar-refractivity contribution in [2.24, 2.45) is 0 Å². The van der Waals surface area contributed by atoms with Gasteiger partial charge in [0.15, 0.2) is 5.76 Å². The largest absolute Gasteiger partial charge is 0.502 e. The fourth-order valence-electron chi connectivity index (χ4n) is 1.53. The first-order valence-corrected chi connectivity index (χ1v) is 6.00. The molecule has 5 nitrogen and oxygen atoms in total. The highest BCUT2D eigenvalue weighted by atomic mass is 35.5. The number of aliphatic carboxylic acids is 1. The summed E-state index contributed by atoms with van der Waals surface area (Å²) in [6.07, 6.45) is 0.530. The third-order valence-corrected chi connectivity index (χ3v) is 2.83. The van der Waals surface area contributed by atoms with Crippen molar-refractivity contribution in [2.45, 2.75) is 0 Å². The summed E-state index contributed by atoms with van der Waals surface area (Å²) < 4.78 is 18.3. The number of aliphatic hydroxyl groups is 1. The normalized spacial score (nSPS) is 11.4. The van der Waals surface area contributed by atoms with E-state index < -0.39 is 23.3 Å². The van der Waals surface area contributed by atoms with Gasteiger partial charge in [-0.3, -0.25) is 4.79 Å². The average Bonchev–Trinajstić information content (AvgIpc) is 2.91. The molecule has 0 amide bonds. The number of rotatable bonds is 4. The fraction of sp³-hybridized carbons (Fsp3) is 0. The molecule has 0 aliphatic carbocycles. The lowest BCUT2D eigenvalue weighted by molar-refractivity contribution is -0.135. The molecule has 108 valence electrons. The fourth-order valence-corrected chi connectivity index (χ4v) is 1.71. The zero-order valence-corrected chi connectivity index (χ0v) is 11.1. The van der Waals surface area contributed by atoms with Crippen LogP contribution in [-0.4, -0.2) is 22.0 Å². The van der Waals surface area contributed by atoms with E-state index in [1.807, 2.05) is 0 Å². The summed E-state index contributed by atoms with van der Waals surface area (Å²) in [5.41, 5.74) is 0.451. The number of benzene rings is 1. The summed E-state index contributed by atoms with van der Waals surface area (Å²) in [5.74, 6) is -4.03. The molecule has 0 radical (unpaired) electrons. The van der Waals surface area contributed by atoms with Gasteiger partial charge in [-0.05, 0) is 30.3 Å². The molecule has 0 saturated heterocycles. The van der Waals surface area contributed by atoms with Gasteiger partial charge >= 0.3 is 5.97 Å². The van der Waals surface area contributed by atoms with Crippen LogP contribution in [0.5, 0.6) is 0 Å². The number of carbonyl (C=O) groups excluding carboxylic acids is 1. The highest BCUT2D eigenvalue weighted by Crippen LogP contribution is 2.26. The number of hydrogen-bond acceptors (Lipinski definition) is 4. The molecule has 7 heteroatoms. The van der Waals surface area contributed by atoms with Crippen molar-refractivity contribution < 1.29 is 28.6 Å². The van der Waals surface area contributed by atoms with Gasteiger partial charge in [0.2, 0.25) is 11.5 Å². The molecule has 0 atom stereocenters. The lowest BCUT2D eigenvalue weighted by Gasteiger charge is -1.99. The quantitative estimate of drug-likeness (QED) is 0.513. The molecule has 0 unspecified atom stereocenters. The van der Waals surface area contributed by atoms with Crippen LogP contribution in [0.2, 0.25) is 5.02 Å². The van der Waals surface area contributed by atoms with E-state index in [0.717, 1.165) is 6.07 Å². The van der Waals surface area contributed by atoms with Gasteiger partial charge in [-0.25, -0.2) is 9.18 Å². The number of aliphatic hydroxyl groups excluding tert-OH is 1. The standard InChI is InChI=1S/C14H8ClFO5/c15-8-5-7(1-2-9(8)16)12-3-4-13(21-12)10(17)6-11(18)14(19)20/h1-6,18H,(H,19,20)/b11-6-. The van der Waals surface area contributed by atoms with Gasteiger partial charge in [-0.2, -0.15) is 0 Å². The van der Waals surface area contributed by atoms with Gasteiger partial charge in [0.1, 0.15) is 11.6 Å². The minimum atomic E-state index is -1.62. The van der Waals surface area contributed by atoms with E-state index >= 15 is 0 Å². The second kappa shape index (κ2) is 5.80. The topological polar surface area (TPSA) is 87.7 Å². The van der Waals surface area contributed by atoms with Gasteiger partial charge in [-0.1, -0.05) is 11.6 Å². The third-order valence-electron chi connectivity index (χ3n) is 2.54. The molecule has 1 aromatic carbocycles. The molecule has 2 rings (SSSR count). The second-order valence-corrected chi connectivity index (χ2v) is 4.40. The van der Waals surface area contributed by atoms with Crippen LogP contribution < -0.4 is 0 Å². The molecule has 0 aliphatic heterocycles. The molecule has 0 aliphatic rings. The van der Waals surface area contributed by atoms with Gasteiger partial charge in [0.05, 0.1) is 5.02 Å². The summed E-state index contributed by atoms with van der Waals surface area (Å²) >= 11 is 5.65. The lowest BCUT2D eigenvalue weighted by Crippen LogP contribution is -2.03. The zero-order chi connectivity index (χ0) is 15.6. The van der Waals surface area contributed by atoms with Crippen molar-refractivity contribution >= 4 is 23.4 Å². The summed E-state index contributed by atoms with van der Waals surface area (Å²) in [4.78, 5) is 22.1. The molecule has 0 bridgehead atoms. The van der Waals surface area contributed by atoms with Crippen LogP contribution in [0.15, 0.2) is 46.6 Å². The Balaban J connectivity index is 2.29.